The van der Waals surface area contributed by atoms with Gasteiger partial charge in [-0.1, -0.05) is 61.0 Å². The Kier molecular flexibility index (Phi) is 9.06. The van der Waals surface area contributed by atoms with Crippen molar-refractivity contribution in [1.82, 2.24) is 0 Å². The molecule has 0 radical (unpaired) electrons. The monoisotopic (exact) mass is 397 g/mol. The van der Waals surface area contributed by atoms with E-state index in [4.69, 9.17) is 5.26 Å². The van der Waals surface area contributed by atoms with Crippen molar-refractivity contribution in [2.24, 2.45) is 0 Å². The first-order chi connectivity index (χ1) is 13.6. The average Bonchev–Trinajstić information content (AvgIpc) is 2.74. The number of carbonyl (C=O) groups is 1. The van der Waals surface area contributed by atoms with E-state index in [-0.39, 0.29) is 12.2 Å². The number of nitriles is 1. The number of unbranched alkanes of at least 4 members (excludes halogenated alkanes) is 2. The fraction of sp³-hybridized carbons (Fsp3) is 0.391. The molecule has 0 spiro atoms. The third-order valence-corrected chi connectivity index (χ3v) is 5.79. The van der Waals surface area contributed by atoms with Gasteiger partial charge in [0.05, 0.1) is 19.6 Å². The Morgan fingerprint density at radius 2 is 1.75 bits per heavy atom. The molecule has 2 rings (SSSR count). The number of carbonyl (C=O) groups excluding carboxylic acids is 1. The number of aliphatic hydroxyl groups is 1. The van der Waals surface area contributed by atoms with Crippen LogP contribution in [0.25, 0.3) is 11.1 Å². The summed E-state index contributed by atoms with van der Waals surface area (Å²) in [6, 6.07) is 20.9. The molecule has 0 fully saturated rings. The number of rotatable bonds is 11. The van der Waals surface area contributed by atoms with E-state index < -0.39 is 11.6 Å². The Balaban J connectivity index is 1.63. The molecule has 0 heterocycles. The number of ether oxygens (including phenoxy) is 1. The molecule has 28 heavy (non-hydrogen) atoms. The number of benzene rings is 2. The van der Waals surface area contributed by atoms with E-state index in [1.165, 1.54) is 35.6 Å². The van der Waals surface area contributed by atoms with Crippen LogP contribution in [0.1, 0.15) is 31.2 Å². The van der Waals surface area contributed by atoms with E-state index in [0.717, 1.165) is 31.4 Å². The standard InChI is InChI=1S/C23H27NO3S/c1-27-22(25)16-23(26,17-24)18-28-15-7-3-4-8-19-11-13-21(14-12-19)20-9-5-2-6-10-20/h2,5-6,9-14,26H,3-4,7-8,15-16,18H2,1H3. The smallest absolute Gasteiger partial charge is 0.309 e. The van der Waals surface area contributed by atoms with Crippen LogP contribution in [-0.2, 0) is 16.0 Å². The van der Waals surface area contributed by atoms with E-state index in [2.05, 4.69) is 41.1 Å². The summed E-state index contributed by atoms with van der Waals surface area (Å²) >= 11 is 1.50. The maximum absolute atomic E-state index is 11.3. The van der Waals surface area contributed by atoms with E-state index in [9.17, 15) is 9.90 Å². The normalized spacial score (nSPS) is 12.8. The van der Waals surface area contributed by atoms with Gasteiger partial charge in [-0.15, -0.1) is 0 Å². The molecular formula is C23H27NO3S. The average molecular weight is 398 g/mol. The van der Waals surface area contributed by atoms with Gasteiger partial charge in [-0.25, -0.2) is 0 Å². The van der Waals surface area contributed by atoms with Crippen molar-refractivity contribution in [1.29, 1.82) is 5.26 Å². The Labute approximate surface area is 171 Å². The molecule has 0 saturated carbocycles. The summed E-state index contributed by atoms with van der Waals surface area (Å²) < 4.78 is 4.52. The highest BCUT2D eigenvalue weighted by Crippen LogP contribution is 2.21. The van der Waals surface area contributed by atoms with Crippen molar-refractivity contribution in [3.8, 4) is 17.2 Å². The molecule has 1 atom stereocenters. The molecule has 5 heteroatoms. The molecule has 148 valence electrons. The first-order valence-corrected chi connectivity index (χ1v) is 10.6. The predicted octanol–water partition coefficient (Wildman–Crippen LogP) is 4.62. The second-order valence-electron chi connectivity index (χ2n) is 6.82. The van der Waals surface area contributed by atoms with Gasteiger partial charge in [0.1, 0.15) is 0 Å². The molecule has 0 saturated heterocycles. The van der Waals surface area contributed by atoms with Gasteiger partial charge in [-0.3, -0.25) is 4.79 Å². The minimum atomic E-state index is -1.64. The molecule has 0 bridgehead atoms. The first kappa shape index (κ1) is 22.0. The summed E-state index contributed by atoms with van der Waals surface area (Å²) in [7, 11) is 1.25. The summed E-state index contributed by atoms with van der Waals surface area (Å²) in [6.45, 7) is 0. The second kappa shape index (κ2) is 11.5. The van der Waals surface area contributed by atoms with Crippen molar-refractivity contribution in [3.63, 3.8) is 0 Å². The number of nitrogens with zero attached hydrogens (tertiary/aromatic N) is 1. The SMILES string of the molecule is COC(=O)CC(O)(C#N)CSCCCCCc1ccc(-c2ccccc2)cc1. The van der Waals surface area contributed by atoms with Crippen molar-refractivity contribution in [2.45, 2.75) is 37.7 Å². The van der Waals surface area contributed by atoms with Crippen molar-refractivity contribution in [3.05, 3.63) is 60.2 Å². The van der Waals surface area contributed by atoms with Crippen LogP contribution < -0.4 is 0 Å². The minimum Gasteiger partial charge on any atom is -0.469 e. The van der Waals surface area contributed by atoms with Crippen LogP contribution >= 0.6 is 11.8 Å². The lowest BCUT2D eigenvalue weighted by molar-refractivity contribution is -0.143. The van der Waals surface area contributed by atoms with Crippen molar-refractivity contribution >= 4 is 17.7 Å². The van der Waals surface area contributed by atoms with E-state index in [0.29, 0.717) is 0 Å². The first-order valence-electron chi connectivity index (χ1n) is 9.49. The van der Waals surface area contributed by atoms with Gasteiger partial charge in [0.15, 0.2) is 5.60 Å². The second-order valence-corrected chi connectivity index (χ2v) is 7.93. The highest BCUT2D eigenvalue weighted by molar-refractivity contribution is 7.99. The van der Waals surface area contributed by atoms with Gasteiger partial charge in [0.25, 0.3) is 0 Å². The molecule has 0 amide bonds. The van der Waals surface area contributed by atoms with Gasteiger partial charge >= 0.3 is 5.97 Å². The van der Waals surface area contributed by atoms with E-state index in [1.54, 1.807) is 0 Å². The lowest BCUT2D eigenvalue weighted by atomic mass is 10.0. The number of methoxy groups -OCH3 is 1. The van der Waals surface area contributed by atoms with Gasteiger partial charge in [0.2, 0.25) is 0 Å². The fourth-order valence-electron chi connectivity index (χ4n) is 2.88. The molecule has 2 aromatic rings. The largest absolute Gasteiger partial charge is 0.469 e. The number of hydrogen-bond donors (Lipinski definition) is 1. The van der Waals surface area contributed by atoms with Gasteiger partial charge in [-0.05, 0) is 41.7 Å². The molecule has 1 unspecified atom stereocenters. The van der Waals surface area contributed by atoms with Crippen LogP contribution in [0.4, 0.5) is 0 Å². The van der Waals surface area contributed by atoms with Crippen LogP contribution in [0.2, 0.25) is 0 Å². The number of thioether (sulfide) groups is 1. The van der Waals surface area contributed by atoms with Crippen molar-refractivity contribution < 1.29 is 14.6 Å². The Hall–Kier alpha value is -2.29. The highest BCUT2D eigenvalue weighted by atomic mass is 32.2. The van der Waals surface area contributed by atoms with Crippen LogP contribution in [0.3, 0.4) is 0 Å². The van der Waals surface area contributed by atoms with Gasteiger partial charge in [0, 0.05) is 5.75 Å². The zero-order chi connectivity index (χ0) is 20.2. The number of aryl methyl sites for hydroxylation is 1. The molecule has 1 N–H and O–H groups in total. The Bertz CT molecular complexity index is 771. The molecule has 0 aliphatic rings. The van der Waals surface area contributed by atoms with Crippen LogP contribution in [-0.4, -0.2) is 35.3 Å². The van der Waals surface area contributed by atoms with E-state index in [1.807, 2.05) is 24.3 Å². The zero-order valence-electron chi connectivity index (χ0n) is 16.3. The maximum Gasteiger partial charge on any atom is 0.309 e. The summed E-state index contributed by atoms with van der Waals surface area (Å²) in [6.07, 6.45) is 3.98. The molecule has 0 aliphatic carbocycles. The topological polar surface area (TPSA) is 70.3 Å². The molecule has 0 aromatic heterocycles. The van der Waals surface area contributed by atoms with E-state index >= 15 is 0 Å². The third-order valence-electron chi connectivity index (χ3n) is 4.53. The third kappa shape index (κ3) is 7.38. The molecule has 0 aliphatic heterocycles. The van der Waals surface area contributed by atoms with Gasteiger partial charge < -0.3 is 9.84 Å². The quantitative estimate of drug-likeness (QED) is 0.340. The van der Waals surface area contributed by atoms with Gasteiger partial charge in [-0.2, -0.15) is 17.0 Å². The summed E-state index contributed by atoms with van der Waals surface area (Å²) in [5, 5.41) is 19.2. The van der Waals surface area contributed by atoms with Crippen LogP contribution in [0, 0.1) is 11.3 Å². The zero-order valence-corrected chi connectivity index (χ0v) is 17.1. The number of esters is 1. The lowest BCUT2D eigenvalue weighted by Crippen LogP contribution is -2.33. The minimum absolute atomic E-state index is 0.222. The molecular weight excluding hydrogens is 370 g/mol. The predicted molar refractivity (Wildman–Crippen MR) is 114 cm³/mol. The fourth-order valence-corrected chi connectivity index (χ4v) is 3.94. The highest BCUT2D eigenvalue weighted by Gasteiger charge is 2.30. The summed E-state index contributed by atoms with van der Waals surface area (Å²) in [5.41, 5.74) is 2.16. The Morgan fingerprint density at radius 3 is 2.39 bits per heavy atom. The number of hydrogen-bond acceptors (Lipinski definition) is 5. The molecule has 2 aromatic carbocycles. The Morgan fingerprint density at radius 1 is 1.07 bits per heavy atom. The maximum atomic E-state index is 11.3. The summed E-state index contributed by atoms with van der Waals surface area (Å²) in [4.78, 5) is 11.3. The summed E-state index contributed by atoms with van der Waals surface area (Å²) in [5.74, 6) is 0.514. The van der Waals surface area contributed by atoms with Crippen LogP contribution in [0.15, 0.2) is 54.6 Å². The lowest BCUT2D eigenvalue weighted by Gasteiger charge is -2.18. The molecule has 4 nitrogen and oxygen atoms in total. The van der Waals surface area contributed by atoms with Crippen molar-refractivity contribution in [2.75, 3.05) is 18.6 Å². The van der Waals surface area contributed by atoms with Crippen LogP contribution in [0.5, 0.6) is 0 Å².